The summed E-state index contributed by atoms with van der Waals surface area (Å²) in [4.78, 5) is 15.4. The van der Waals surface area contributed by atoms with Crippen LogP contribution >= 0.6 is 11.3 Å². The molecule has 2 heterocycles. The fourth-order valence-corrected chi connectivity index (χ4v) is 4.05. The number of benzene rings is 1. The van der Waals surface area contributed by atoms with Crippen LogP contribution in [0.25, 0.3) is 10.1 Å². The molecule has 1 aromatic heterocycles. The summed E-state index contributed by atoms with van der Waals surface area (Å²) in [5, 5.41) is 4.11. The number of amides is 1. The van der Waals surface area contributed by atoms with Crippen molar-refractivity contribution in [3.8, 4) is 0 Å². The van der Waals surface area contributed by atoms with Gasteiger partial charge in [0.05, 0.1) is 5.69 Å². The van der Waals surface area contributed by atoms with Gasteiger partial charge in [-0.1, -0.05) is 12.1 Å². The molecule has 1 aliphatic rings. The van der Waals surface area contributed by atoms with E-state index in [2.05, 4.69) is 23.3 Å². The molecule has 0 spiro atoms. The minimum absolute atomic E-state index is 0.0355. The van der Waals surface area contributed by atoms with Crippen LogP contribution < -0.4 is 11.1 Å². The maximum atomic E-state index is 12.5. The Bertz CT molecular complexity index is 679. The number of thiophene rings is 1. The van der Waals surface area contributed by atoms with E-state index < -0.39 is 0 Å². The van der Waals surface area contributed by atoms with E-state index in [1.54, 1.807) is 0 Å². The first-order valence-electron chi connectivity index (χ1n) is 7.32. The average Bonchev–Trinajstić information content (AvgIpc) is 2.75. The van der Waals surface area contributed by atoms with Crippen molar-refractivity contribution in [2.24, 2.45) is 0 Å². The highest BCUT2D eigenvalue weighted by Crippen LogP contribution is 2.34. The molecule has 1 amide bonds. The molecule has 1 atom stereocenters. The SMILES string of the molecule is Cc1ccc2c(N)c(C(=O)NC3CCCN(C)C3)sc2c1. The topological polar surface area (TPSA) is 58.4 Å². The van der Waals surface area contributed by atoms with Gasteiger partial charge in [-0.3, -0.25) is 4.79 Å². The molecular formula is C16H21N3OS. The van der Waals surface area contributed by atoms with Crippen LogP contribution in [-0.4, -0.2) is 37.0 Å². The van der Waals surface area contributed by atoms with E-state index in [0.29, 0.717) is 10.6 Å². The van der Waals surface area contributed by atoms with Crippen molar-refractivity contribution in [3.05, 3.63) is 28.6 Å². The van der Waals surface area contributed by atoms with Gasteiger partial charge in [0.2, 0.25) is 0 Å². The number of carbonyl (C=O) groups is 1. The van der Waals surface area contributed by atoms with Crippen molar-refractivity contribution in [2.45, 2.75) is 25.8 Å². The van der Waals surface area contributed by atoms with Gasteiger partial charge in [0.25, 0.3) is 5.91 Å². The summed E-state index contributed by atoms with van der Waals surface area (Å²) in [5.41, 5.74) is 7.95. The Kier molecular flexibility index (Phi) is 3.87. The second-order valence-electron chi connectivity index (χ2n) is 5.92. The summed E-state index contributed by atoms with van der Waals surface area (Å²) in [7, 11) is 2.09. The molecule has 0 radical (unpaired) electrons. The number of aryl methyl sites for hydroxylation is 1. The Morgan fingerprint density at radius 1 is 1.48 bits per heavy atom. The fraction of sp³-hybridized carbons (Fsp3) is 0.438. The first-order valence-corrected chi connectivity index (χ1v) is 8.14. The number of nitrogens with zero attached hydrogens (tertiary/aromatic N) is 1. The van der Waals surface area contributed by atoms with E-state index in [4.69, 9.17) is 5.73 Å². The number of piperidine rings is 1. The average molecular weight is 303 g/mol. The number of nitrogens with two attached hydrogens (primary N) is 1. The number of nitrogens with one attached hydrogen (secondary N) is 1. The van der Waals surface area contributed by atoms with Gasteiger partial charge in [-0.2, -0.15) is 0 Å². The molecule has 1 fully saturated rings. The highest BCUT2D eigenvalue weighted by atomic mass is 32.1. The zero-order chi connectivity index (χ0) is 15.0. The van der Waals surface area contributed by atoms with Crippen molar-refractivity contribution in [2.75, 3.05) is 25.9 Å². The molecule has 2 aromatic rings. The third-order valence-electron chi connectivity index (χ3n) is 4.05. The normalized spacial score (nSPS) is 19.8. The van der Waals surface area contributed by atoms with E-state index in [-0.39, 0.29) is 11.9 Å². The Morgan fingerprint density at radius 2 is 2.29 bits per heavy atom. The van der Waals surface area contributed by atoms with E-state index in [0.717, 1.165) is 36.0 Å². The molecule has 1 aliphatic heterocycles. The van der Waals surface area contributed by atoms with Gasteiger partial charge in [0, 0.05) is 22.7 Å². The molecule has 4 nitrogen and oxygen atoms in total. The standard InChI is InChI=1S/C16H21N3OS/c1-10-5-6-12-13(8-10)21-15(14(12)17)16(20)18-11-4-3-7-19(2)9-11/h5-6,8,11H,3-4,7,9,17H2,1-2H3,(H,18,20). The maximum Gasteiger partial charge on any atom is 0.263 e. The van der Waals surface area contributed by atoms with Gasteiger partial charge in [-0.15, -0.1) is 11.3 Å². The Hall–Kier alpha value is -1.59. The van der Waals surface area contributed by atoms with Crippen molar-refractivity contribution in [1.82, 2.24) is 10.2 Å². The second kappa shape index (κ2) is 5.66. The molecule has 1 unspecified atom stereocenters. The molecule has 0 aliphatic carbocycles. The Morgan fingerprint density at radius 3 is 3.05 bits per heavy atom. The lowest BCUT2D eigenvalue weighted by Gasteiger charge is -2.30. The fourth-order valence-electron chi connectivity index (χ4n) is 2.93. The van der Waals surface area contributed by atoms with Crippen LogP contribution in [0.3, 0.4) is 0 Å². The van der Waals surface area contributed by atoms with Crippen molar-refractivity contribution in [3.63, 3.8) is 0 Å². The lowest BCUT2D eigenvalue weighted by atomic mass is 10.1. The predicted octanol–water partition coefficient (Wildman–Crippen LogP) is 2.62. The van der Waals surface area contributed by atoms with Crippen LogP contribution in [0.4, 0.5) is 5.69 Å². The lowest BCUT2D eigenvalue weighted by Crippen LogP contribution is -2.46. The number of hydrogen-bond acceptors (Lipinski definition) is 4. The third-order valence-corrected chi connectivity index (χ3v) is 5.22. The quantitative estimate of drug-likeness (QED) is 0.896. The third kappa shape index (κ3) is 2.89. The largest absolute Gasteiger partial charge is 0.397 e. The number of nitrogen functional groups attached to an aromatic ring is 1. The van der Waals surface area contributed by atoms with E-state index in [9.17, 15) is 4.79 Å². The van der Waals surface area contributed by atoms with Crippen LogP contribution in [0, 0.1) is 6.92 Å². The maximum absolute atomic E-state index is 12.5. The summed E-state index contributed by atoms with van der Waals surface area (Å²) in [5.74, 6) is -0.0355. The number of hydrogen-bond donors (Lipinski definition) is 2. The van der Waals surface area contributed by atoms with E-state index in [1.807, 2.05) is 19.1 Å². The summed E-state index contributed by atoms with van der Waals surface area (Å²) >= 11 is 1.48. The summed E-state index contributed by atoms with van der Waals surface area (Å²) < 4.78 is 1.08. The molecule has 0 saturated carbocycles. The van der Waals surface area contributed by atoms with Crippen LogP contribution in [0.2, 0.25) is 0 Å². The van der Waals surface area contributed by atoms with Gasteiger partial charge < -0.3 is 16.0 Å². The number of likely N-dealkylation sites (tertiary alicyclic amines) is 1. The lowest BCUT2D eigenvalue weighted by molar-refractivity contribution is 0.0917. The number of fused-ring (bicyclic) bond motifs is 1. The van der Waals surface area contributed by atoms with E-state index in [1.165, 1.54) is 16.9 Å². The van der Waals surface area contributed by atoms with Crippen LogP contribution in [0.1, 0.15) is 28.1 Å². The number of rotatable bonds is 2. The highest BCUT2D eigenvalue weighted by molar-refractivity contribution is 7.21. The van der Waals surface area contributed by atoms with Gasteiger partial charge in [0.1, 0.15) is 4.88 Å². The smallest absolute Gasteiger partial charge is 0.263 e. The van der Waals surface area contributed by atoms with Crippen LogP contribution in [-0.2, 0) is 0 Å². The zero-order valence-electron chi connectivity index (χ0n) is 12.5. The second-order valence-corrected chi connectivity index (χ2v) is 6.97. The number of carbonyl (C=O) groups excluding carboxylic acids is 1. The van der Waals surface area contributed by atoms with Crippen LogP contribution in [0.15, 0.2) is 18.2 Å². The molecule has 21 heavy (non-hydrogen) atoms. The van der Waals surface area contributed by atoms with Crippen molar-refractivity contribution < 1.29 is 4.79 Å². The molecule has 3 rings (SSSR count). The molecule has 0 bridgehead atoms. The molecule has 112 valence electrons. The minimum Gasteiger partial charge on any atom is -0.397 e. The first kappa shape index (κ1) is 14.4. The van der Waals surface area contributed by atoms with Gasteiger partial charge >= 0.3 is 0 Å². The minimum atomic E-state index is -0.0355. The van der Waals surface area contributed by atoms with E-state index >= 15 is 0 Å². The van der Waals surface area contributed by atoms with Crippen molar-refractivity contribution >= 4 is 33.0 Å². The predicted molar refractivity (Wildman–Crippen MR) is 89.0 cm³/mol. The molecule has 5 heteroatoms. The monoisotopic (exact) mass is 303 g/mol. The molecule has 3 N–H and O–H groups in total. The van der Waals surface area contributed by atoms with Crippen LogP contribution in [0.5, 0.6) is 0 Å². The molecule has 1 saturated heterocycles. The van der Waals surface area contributed by atoms with Gasteiger partial charge in [-0.25, -0.2) is 0 Å². The summed E-state index contributed by atoms with van der Waals surface area (Å²) in [6.07, 6.45) is 2.17. The Labute approximate surface area is 128 Å². The Balaban J connectivity index is 1.82. The molecule has 1 aromatic carbocycles. The van der Waals surface area contributed by atoms with Gasteiger partial charge in [-0.05, 0) is 45.0 Å². The summed E-state index contributed by atoms with van der Waals surface area (Å²) in [6, 6.07) is 6.34. The van der Waals surface area contributed by atoms with Crippen molar-refractivity contribution in [1.29, 1.82) is 0 Å². The highest BCUT2D eigenvalue weighted by Gasteiger charge is 2.22. The number of likely N-dealkylation sites (N-methyl/N-ethyl adjacent to an activating group) is 1. The number of anilines is 1. The zero-order valence-corrected chi connectivity index (χ0v) is 13.3. The first-order chi connectivity index (χ1) is 10.0. The summed E-state index contributed by atoms with van der Waals surface area (Å²) in [6.45, 7) is 4.07. The van der Waals surface area contributed by atoms with Gasteiger partial charge in [0.15, 0.2) is 0 Å². The molecular weight excluding hydrogens is 282 g/mol.